The molecule has 0 saturated heterocycles. The zero-order valence-electron chi connectivity index (χ0n) is 14.7. The normalized spacial score (nSPS) is 12.5. The summed E-state index contributed by atoms with van der Waals surface area (Å²) in [6.07, 6.45) is 0.657. The predicted octanol–water partition coefficient (Wildman–Crippen LogP) is 3.14. The molecule has 0 spiro atoms. The maximum absolute atomic E-state index is 12.6. The molecule has 2 N–H and O–H groups in total. The molecular weight excluding hydrogens is 376 g/mol. The van der Waals surface area contributed by atoms with Crippen molar-refractivity contribution in [1.82, 2.24) is 10.0 Å². The van der Waals surface area contributed by atoms with Gasteiger partial charge in [-0.05, 0) is 49.4 Å². The minimum absolute atomic E-state index is 0.0917. The first-order valence-electron chi connectivity index (χ1n) is 8.00. The highest BCUT2D eigenvalue weighted by Crippen LogP contribution is 2.26. The summed E-state index contributed by atoms with van der Waals surface area (Å²) in [6, 6.07) is 11.3. The van der Waals surface area contributed by atoms with Gasteiger partial charge in [-0.25, -0.2) is 13.1 Å². The second-order valence-electron chi connectivity index (χ2n) is 5.56. The number of methoxy groups -OCH3 is 1. The lowest BCUT2D eigenvalue weighted by molar-refractivity contribution is 0.0935. The van der Waals surface area contributed by atoms with Crippen molar-refractivity contribution in [3.63, 3.8) is 0 Å². The summed E-state index contributed by atoms with van der Waals surface area (Å²) in [4.78, 5) is 12.5. The van der Waals surface area contributed by atoms with Crippen molar-refractivity contribution < 1.29 is 17.9 Å². The fourth-order valence-corrected chi connectivity index (χ4v) is 3.64. The summed E-state index contributed by atoms with van der Waals surface area (Å²) in [5, 5.41) is 3.49. The van der Waals surface area contributed by atoms with Crippen molar-refractivity contribution >= 4 is 27.5 Å². The monoisotopic (exact) mass is 396 g/mol. The van der Waals surface area contributed by atoms with Crippen molar-refractivity contribution in [3.05, 3.63) is 58.6 Å². The molecule has 0 bridgehead atoms. The molecule has 2 aromatic carbocycles. The van der Waals surface area contributed by atoms with Crippen LogP contribution in [0.15, 0.2) is 47.4 Å². The molecule has 140 valence electrons. The maximum Gasteiger partial charge on any atom is 0.251 e. The number of carbonyl (C=O) groups excluding carboxylic acids is 1. The lowest BCUT2D eigenvalue weighted by Gasteiger charge is -2.18. The van der Waals surface area contributed by atoms with Gasteiger partial charge < -0.3 is 10.1 Å². The number of benzene rings is 2. The fourth-order valence-electron chi connectivity index (χ4n) is 2.52. The Bertz CT molecular complexity index is 900. The molecule has 26 heavy (non-hydrogen) atoms. The molecule has 2 rings (SSSR count). The van der Waals surface area contributed by atoms with E-state index in [4.69, 9.17) is 16.3 Å². The number of rotatable bonds is 7. The van der Waals surface area contributed by atoms with Crippen molar-refractivity contribution in [2.45, 2.75) is 24.3 Å². The second kappa shape index (κ2) is 8.53. The summed E-state index contributed by atoms with van der Waals surface area (Å²) < 4.78 is 31.6. The first-order chi connectivity index (χ1) is 12.3. The molecule has 1 unspecified atom stereocenters. The molecule has 1 amide bonds. The van der Waals surface area contributed by atoms with Gasteiger partial charge >= 0.3 is 0 Å². The Morgan fingerprint density at radius 2 is 1.96 bits per heavy atom. The Morgan fingerprint density at radius 1 is 1.23 bits per heavy atom. The third-order valence-corrected chi connectivity index (χ3v) is 5.62. The van der Waals surface area contributed by atoms with E-state index in [1.54, 1.807) is 12.1 Å². The van der Waals surface area contributed by atoms with Gasteiger partial charge in [-0.2, -0.15) is 0 Å². The highest BCUT2D eigenvalue weighted by Gasteiger charge is 2.21. The van der Waals surface area contributed by atoms with Crippen LogP contribution in [0, 0.1) is 0 Å². The van der Waals surface area contributed by atoms with Gasteiger partial charge in [0.25, 0.3) is 5.91 Å². The van der Waals surface area contributed by atoms with E-state index < -0.39 is 10.0 Å². The molecule has 0 aliphatic heterocycles. The van der Waals surface area contributed by atoms with Crippen molar-refractivity contribution in [1.29, 1.82) is 0 Å². The smallest absolute Gasteiger partial charge is 0.251 e. The minimum Gasteiger partial charge on any atom is -0.495 e. The fraction of sp³-hybridized carbons (Fsp3) is 0.278. The predicted molar refractivity (Wildman–Crippen MR) is 101 cm³/mol. The highest BCUT2D eigenvalue weighted by molar-refractivity contribution is 7.89. The van der Waals surface area contributed by atoms with Crippen LogP contribution in [0.3, 0.4) is 0 Å². The van der Waals surface area contributed by atoms with Crippen molar-refractivity contribution in [3.8, 4) is 5.75 Å². The Balaban J connectivity index is 2.33. The lowest BCUT2D eigenvalue weighted by Crippen LogP contribution is -2.28. The Hall–Kier alpha value is -2.09. The third kappa shape index (κ3) is 4.55. The number of halogens is 1. The van der Waals surface area contributed by atoms with Crippen LogP contribution in [0.1, 0.15) is 35.3 Å². The van der Waals surface area contributed by atoms with Gasteiger partial charge in [-0.15, -0.1) is 0 Å². The van der Waals surface area contributed by atoms with Gasteiger partial charge in [0.2, 0.25) is 10.0 Å². The molecule has 0 saturated carbocycles. The topological polar surface area (TPSA) is 84.5 Å². The van der Waals surface area contributed by atoms with Crippen molar-refractivity contribution in [2.24, 2.45) is 0 Å². The first-order valence-corrected chi connectivity index (χ1v) is 9.86. The third-order valence-electron chi connectivity index (χ3n) is 3.95. The van der Waals surface area contributed by atoms with Gasteiger partial charge in [-0.3, -0.25) is 4.79 Å². The van der Waals surface area contributed by atoms with Crippen LogP contribution in [-0.2, 0) is 10.0 Å². The minimum atomic E-state index is -3.76. The van der Waals surface area contributed by atoms with Crippen LogP contribution in [0.2, 0.25) is 5.02 Å². The molecule has 2 aromatic rings. The molecular formula is C18H21ClN2O4S. The van der Waals surface area contributed by atoms with Gasteiger partial charge in [0, 0.05) is 10.6 Å². The van der Waals surface area contributed by atoms with Crippen LogP contribution in [-0.4, -0.2) is 28.5 Å². The average Bonchev–Trinajstić information content (AvgIpc) is 2.65. The number of carbonyl (C=O) groups is 1. The Kier molecular flexibility index (Phi) is 6.63. The van der Waals surface area contributed by atoms with Gasteiger partial charge in [0.15, 0.2) is 0 Å². The quantitative estimate of drug-likeness (QED) is 0.753. The number of sulfonamides is 1. The number of hydrogen-bond donors (Lipinski definition) is 2. The SMILES string of the molecule is CCC(NC(=O)c1ccc(OC)c(S(=O)(=O)NC)c1)c1cccc(Cl)c1. The second-order valence-corrected chi connectivity index (χ2v) is 7.85. The number of ether oxygens (including phenoxy) is 1. The van der Waals surface area contributed by atoms with E-state index in [0.717, 1.165) is 5.56 Å². The maximum atomic E-state index is 12.6. The molecule has 0 radical (unpaired) electrons. The molecule has 0 aromatic heterocycles. The molecule has 0 aliphatic carbocycles. The van der Waals surface area contributed by atoms with Crippen LogP contribution in [0.25, 0.3) is 0 Å². The van der Waals surface area contributed by atoms with Gasteiger partial charge in [0.05, 0.1) is 13.2 Å². The van der Waals surface area contributed by atoms with Gasteiger partial charge in [0.1, 0.15) is 10.6 Å². The first kappa shape index (κ1) is 20.2. The van der Waals surface area contributed by atoms with E-state index in [-0.39, 0.29) is 28.2 Å². The molecule has 6 nitrogen and oxygen atoms in total. The van der Waals surface area contributed by atoms with Crippen LogP contribution >= 0.6 is 11.6 Å². The number of amides is 1. The van der Waals surface area contributed by atoms with E-state index in [1.807, 2.05) is 19.1 Å². The zero-order chi connectivity index (χ0) is 19.3. The Morgan fingerprint density at radius 3 is 2.54 bits per heavy atom. The van der Waals surface area contributed by atoms with Crippen LogP contribution < -0.4 is 14.8 Å². The van der Waals surface area contributed by atoms with Crippen molar-refractivity contribution in [2.75, 3.05) is 14.2 Å². The average molecular weight is 397 g/mol. The standard InChI is InChI=1S/C18H21ClN2O4S/c1-4-15(12-6-5-7-14(19)10-12)21-18(22)13-8-9-16(25-3)17(11-13)26(23,24)20-2/h5-11,15,20H,4H2,1-3H3,(H,21,22). The summed E-state index contributed by atoms with van der Waals surface area (Å²) >= 11 is 6.02. The molecule has 8 heteroatoms. The molecule has 0 aliphatic rings. The summed E-state index contributed by atoms with van der Waals surface area (Å²) in [5.41, 5.74) is 1.10. The Labute approximate surface area is 158 Å². The van der Waals surface area contributed by atoms with Gasteiger partial charge in [-0.1, -0.05) is 30.7 Å². The number of hydrogen-bond acceptors (Lipinski definition) is 4. The lowest BCUT2D eigenvalue weighted by atomic mass is 10.0. The van der Waals surface area contributed by atoms with Crippen LogP contribution in [0.5, 0.6) is 5.75 Å². The highest BCUT2D eigenvalue weighted by atomic mass is 35.5. The van der Waals surface area contributed by atoms with E-state index in [1.165, 1.54) is 32.4 Å². The van der Waals surface area contributed by atoms with Crippen LogP contribution in [0.4, 0.5) is 0 Å². The molecule has 1 atom stereocenters. The van der Waals surface area contributed by atoms with E-state index in [2.05, 4.69) is 10.0 Å². The zero-order valence-corrected chi connectivity index (χ0v) is 16.3. The number of nitrogens with one attached hydrogen (secondary N) is 2. The summed E-state index contributed by atoms with van der Waals surface area (Å²) in [5.74, 6) is -0.218. The summed E-state index contributed by atoms with van der Waals surface area (Å²) in [7, 11) is -1.09. The van der Waals surface area contributed by atoms with E-state index in [9.17, 15) is 13.2 Å². The van der Waals surface area contributed by atoms with E-state index >= 15 is 0 Å². The molecule has 0 heterocycles. The molecule has 0 fully saturated rings. The largest absolute Gasteiger partial charge is 0.495 e. The van der Waals surface area contributed by atoms with E-state index in [0.29, 0.717) is 11.4 Å². The summed E-state index contributed by atoms with van der Waals surface area (Å²) in [6.45, 7) is 1.94.